The monoisotopic (exact) mass is 352 g/mol. The number of rotatable bonds is 5. The van der Waals surface area contributed by atoms with Crippen molar-refractivity contribution < 1.29 is 9.59 Å². The summed E-state index contributed by atoms with van der Waals surface area (Å²) in [6, 6.07) is 13.4. The zero-order valence-electron chi connectivity index (χ0n) is 15.0. The summed E-state index contributed by atoms with van der Waals surface area (Å²) in [6.45, 7) is 5.46. The molecule has 3 rings (SSSR count). The molecule has 2 heterocycles. The first-order valence-electron chi connectivity index (χ1n) is 9.02. The van der Waals surface area contributed by atoms with Crippen molar-refractivity contribution in [3.8, 4) is 0 Å². The van der Waals surface area contributed by atoms with Crippen LogP contribution in [0.1, 0.15) is 34.2 Å². The molecule has 1 aromatic carbocycles. The Morgan fingerprint density at radius 1 is 1.08 bits per heavy atom. The van der Waals surface area contributed by atoms with Crippen molar-refractivity contribution in [3.63, 3.8) is 0 Å². The minimum atomic E-state index is -0.169. The third kappa shape index (κ3) is 4.20. The summed E-state index contributed by atoms with van der Waals surface area (Å²) < 4.78 is 0. The van der Waals surface area contributed by atoms with E-state index in [1.165, 1.54) is 11.9 Å². The van der Waals surface area contributed by atoms with Gasteiger partial charge < -0.3 is 15.1 Å². The van der Waals surface area contributed by atoms with Crippen LogP contribution in [0.15, 0.2) is 48.7 Å². The maximum atomic E-state index is 12.7. The quantitative estimate of drug-likeness (QED) is 0.896. The van der Waals surface area contributed by atoms with Gasteiger partial charge in [0.05, 0.1) is 0 Å². The van der Waals surface area contributed by atoms with E-state index in [0.717, 1.165) is 19.5 Å². The lowest BCUT2D eigenvalue weighted by atomic mass is 10.2. The summed E-state index contributed by atoms with van der Waals surface area (Å²) in [5.74, 6) is -0.292. The zero-order chi connectivity index (χ0) is 18.4. The van der Waals surface area contributed by atoms with E-state index in [0.29, 0.717) is 30.9 Å². The second-order valence-corrected chi connectivity index (χ2v) is 6.30. The second-order valence-electron chi connectivity index (χ2n) is 6.30. The SMILES string of the molecule is CCCNC(=O)c1ccnc(C(=O)N2CCN(c3ccccc3)CC2)c1. The highest BCUT2D eigenvalue weighted by molar-refractivity contribution is 5.98. The minimum absolute atomic E-state index is 0.122. The molecule has 1 N–H and O–H groups in total. The van der Waals surface area contributed by atoms with E-state index in [1.807, 2.05) is 25.1 Å². The van der Waals surface area contributed by atoms with E-state index in [2.05, 4.69) is 27.3 Å². The molecule has 0 bridgehead atoms. The molecule has 26 heavy (non-hydrogen) atoms. The van der Waals surface area contributed by atoms with Gasteiger partial charge in [0, 0.05) is 50.2 Å². The summed E-state index contributed by atoms with van der Waals surface area (Å²) in [6.07, 6.45) is 2.39. The van der Waals surface area contributed by atoms with Gasteiger partial charge in [0.15, 0.2) is 0 Å². The van der Waals surface area contributed by atoms with Crippen LogP contribution in [0.3, 0.4) is 0 Å². The maximum absolute atomic E-state index is 12.7. The standard InChI is InChI=1S/C20H24N4O2/c1-2-9-22-19(25)16-8-10-21-18(15-16)20(26)24-13-11-23(12-14-24)17-6-4-3-5-7-17/h3-8,10,15H,2,9,11-14H2,1H3,(H,22,25). The van der Waals surface area contributed by atoms with Gasteiger partial charge in [-0.25, -0.2) is 0 Å². The molecule has 0 spiro atoms. The summed E-state index contributed by atoms with van der Waals surface area (Å²) in [4.78, 5) is 33.1. The van der Waals surface area contributed by atoms with Crippen LogP contribution in [0.25, 0.3) is 0 Å². The molecule has 2 aromatic rings. The number of amides is 2. The summed E-state index contributed by atoms with van der Waals surface area (Å²) in [7, 11) is 0. The number of carbonyl (C=O) groups is 2. The molecular weight excluding hydrogens is 328 g/mol. The Balaban J connectivity index is 1.62. The lowest BCUT2D eigenvalue weighted by Gasteiger charge is -2.36. The normalized spacial score (nSPS) is 14.2. The lowest BCUT2D eigenvalue weighted by Crippen LogP contribution is -2.49. The number of benzene rings is 1. The van der Waals surface area contributed by atoms with Gasteiger partial charge in [-0.15, -0.1) is 0 Å². The molecular formula is C20H24N4O2. The fourth-order valence-corrected chi connectivity index (χ4v) is 3.00. The van der Waals surface area contributed by atoms with E-state index in [4.69, 9.17) is 0 Å². The number of nitrogens with one attached hydrogen (secondary N) is 1. The van der Waals surface area contributed by atoms with E-state index in [9.17, 15) is 9.59 Å². The molecule has 136 valence electrons. The predicted octanol–water partition coefficient (Wildman–Crippen LogP) is 2.18. The Morgan fingerprint density at radius 3 is 2.50 bits per heavy atom. The molecule has 0 unspecified atom stereocenters. The van der Waals surface area contributed by atoms with Gasteiger partial charge in [-0.1, -0.05) is 25.1 Å². The average Bonchev–Trinajstić information content (AvgIpc) is 2.72. The van der Waals surface area contributed by atoms with Gasteiger partial charge >= 0.3 is 0 Å². The van der Waals surface area contributed by atoms with Crippen molar-refractivity contribution in [3.05, 3.63) is 59.9 Å². The van der Waals surface area contributed by atoms with Crippen LogP contribution in [0.5, 0.6) is 0 Å². The van der Waals surface area contributed by atoms with Gasteiger partial charge in [-0.3, -0.25) is 14.6 Å². The first-order valence-corrected chi connectivity index (χ1v) is 9.02. The van der Waals surface area contributed by atoms with Crippen LogP contribution in [0, 0.1) is 0 Å². The number of carbonyl (C=O) groups excluding carboxylic acids is 2. The van der Waals surface area contributed by atoms with Gasteiger partial charge in [-0.05, 0) is 30.7 Å². The number of pyridine rings is 1. The lowest BCUT2D eigenvalue weighted by molar-refractivity contribution is 0.0741. The number of nitrogens with zero attached hydrogens (tertiary/aromatic N) is 3. The Bertz CT molecular complexity index is 755. The summed E-state index contributed by atoms with van der Waals surface area (Å²) >= 11 is 0. The third-order valence-corrected chi connectivity index (χ3v) is 4.47. The second kappa shape index (κ2) is 8.47. The van der Waals surface area contributed by atoms with Gasteiger partial charge in [-0.2, -0.15) is 0 Å². The van der Waals surface area contributed by atoms with Crippen LogP contribution in [-0.4, -0.2) is 54.4 Å². The van der Waals surface area contributed by atoms with Crippen molar-refractivity contribution in [2.75, 3.05) is 37.6 Å². The molecule has 2 amide bonds. The van der Waals surface area contributed by atoms with E-state index < -0.39 is 0 Å². The van der Waals surface area contributed by atoms with Gasteiger partial charge in [0.25, 0.3) is 11.8 Å². The molecule has 1 fully saturated rings. The molecule has 1 saturated heterocycles. The fraction of sp³-hybridized carbons (Fsp3) is 0.350. The van der Waals surface area contributed by atoms with Crippen LogP contribution < -0.4 is 10.2 Å². The maximum Gasteiger partial charge on any atom is 0.272 e. The Kier molecular flexibility index (Phi) is 5.84. The first-order chi connectivity index (χ1) is 12.7. The number of hydrogen-bond acceptors (Lipinski definition) is 4. The molecule has 6 heteroatoms. The van der Waals surface area contributed by atoms with Crippen molar-refractivity contribution in [1.82, 2.24) is 15.2 Å². The average molecular weight is 352 g/mol. The van der Waals surface area contributed by atoms with Crippen molar-refractivity contribution in [2.45, 2.75) is 13.3 Å². The zero-order valence-corrected chi connectivity index (χ0v) is 15.0. The first kappa shape index (κ1) is 17.9. The molecule has 1 aliphatic rings. The number of anilines is 1. The summed E-state index contributed by atoms with van der Waals surface area (Å²) in [5.41, 5.74) is 1.97. The number of piperazine rings is 1. The van der Waals surface area contributed by atoms with Crippen LogP contribution in [0.2, 0.25) is 0 Å². The van der Waals surface area contributed by atoms with Crippen molar-refractivity contribution in [2.24, 2.45) is 0 Å². The number of para-hydroxylation sites is 1. The molecule has 1 aliphatic heterocycles. The molecule has 1 aromatic heterocycles. The fourth-order valence-electron chi connectivity index (χ4n) is 3.00. The Hall–Kier alpha value is -2.89. The van der Waals surface area contributed by atoms with E-state index in [1.54, 1.807) is 17.0 Å². The number of hydrogen-bond donors (Lipinski definition) is 1. The van der Waals surface area contributed by atoms with Crippen molar-refractivity contribution in [1.29, 1.82) is 0 Å². The van der Waals surface area contributed by atoms with Crippen LogP contribution in [0.4, 0.5) is 5.69 Å². The largest absolute Gasteiger partial charge is 0.368 e. The Labute approximate surface area is 153 Å². The molecule has 6 nitrogen and oxygen atoms in total. The number of aromatic nitrogens is 1. The van der Waals surface area contributed by atoms with Crippen molar-refractivity contribution >= 4 is 17.5 Å². The van der Waals surface area contributed by atoms with Crippen LogP contribution >= 0.6 is 0 Å². The van der Waals surface area contributed by atoms with E-state index in [-0.39, 0.29) is 11.8 Å². The van der Waals surface area contributed by atoms with Gasteiger partial charge in [0.2, 0.25) is 0 Å². The minimum Gasteiger partial charge on any atom is -0.368 e. The molecule has 0 aliphatic carbocycles. The molecule has 0 saturated carbocycles. The summed E-state index contributed by atoms with van der Waals surface area (Å²) in [5, 5.41) is 2.82. The highest BCUT2D eigenvalue weighted by Gasteiger charge is 2.23. The smallest absolute Gasteiger partial charge is 0.272 e. The third-order valence-electron chi connectivity index (χ3n) is 4.47. The van der Waals surface area contributed by atoms with Gasteiger partial charge in [0.1, 0.15) is 5.69 Å². The Morgan fingerprint density at radius 2 is 1.81 bits per heavy atom. The highest BCUT2D eigenvalue weighted by Crippen LogP contribution is 2.16. The molecule has 0 atom stereocenters. The van der Waals surface area contributed by atoms with E-state index >= 15 is 0 Å². The predicted molar refractivity (Wildman–Crippen MR) is 101 cm³/mol. The molecule has 0 radical (unpaired) electrons. The van der Waals surface area contributed by atoms with Crippen LogP contribution in [-0.2, 0) is 0 Å². The topological polar surface area (TPSA) is 65.5 Å². The highest BCUT2D eigenvalue weighted by atomic mass is 16.2.